The Bertz CT molecular complexity index is 1130. The lowest BCUT2D eigenvalue weighted by atomic mass is 9.94. The van der Waals surface area contributed by atoms with Crippen LogP contribution in [0.2, 0.25) is 0 Å². The molecular formula is C19H24N3O12P. The van der Waals surface area contributed by atoms with Gasteiger partial charge in [0.1, 0.15) is 11.9 Å². The van der Waals surface area contributed by atoms with Gasteiger partial charge in [0.2, 0.25) is 0 Å². The minimum atomic E-state index is -5.42. The maximum absolute atomic E-state index is 12.5. The molecule has 0 bridgehead atoms. The molecule has 15 nitrogen and oxygen atoms in total. The number of aromatic nitrogens is 2. The number of benzene rings is 1. The second-order valence-corrected chi connectivity index (χ2v) is 8.51. The number of aliphatic carboxylic acids is 2. The van der Waals surface area contributed by atoms with E-state index in [4.69, 9.17) is 15.0 Å². The van der Waals surface area contributed by atoms with Crippen molar-refractivity contribution in [3.63, 3.8) is 0 Å². The number of anilines is 1. The summed E-state index contributed by atoms with van der Waals surface area (Å²) in [5.41, 5.74) is 0.741. The first-order valence-corrected chi connectivity index (χ1v) is 11.3. The van der Waals surface area contributed by atoms with E-state index in [1.54, 1.807) is 0 Å². The number of aliphatic hydroxyl groups is 2. The number of carbonyl (C=O) groups is 2. The smallest absolute Gasteiger partial charge is 0.474 e. The summed E-state index contributed by atoms with van der Waals surface area (Å²) < 4.78 is 28.1. The largest absolute Gasteiger partial charge is 0.478 e. The molecule has 192 valence electrons. The number of carboxylic acids is 2. The molecule has 0 saturated carbocycles. The molecule has 0 fully saturated rings. The summed E-state index contributed by atoms with van der Waals surface area (Å²) in [4.78, 5) is 49.3. The Hall–Kier alpha value is -3.17. The van der Waals surface area contributed by atoms with E-state index >= 15 is 0 Å². The monoisotopic (exact) mass is 517 g/mol. The van der Waals surface area contributed by atoms with Crippen molar-refractivity contribution in [2.24, 2.45) is 0 Å². The molecule has 4 atom stereocenters. The predicted molar refractivity (Wildman–Crippen MR) is 116 cm³/mol. The molecule has 0 aliphatic heterocycles. The fourth-order valence-corrected chi connectivity index (χ4v) is 3.90. The van der Waals surface area contributed by atoms with Crippen molar-refractivity contribution >= 4 is 25.6 Å². The molecule has 0 aliphatic carbocycles. The second kappa shape index (κ2) is 11.5. The summed E-state index contributed by atoms with van der Waals surface area (Å²) in [6.45, 7) is -0.548. The van der Waals surface area contributed by atoms with Crippen LogP contribution >= 0.6 is 7.82 Å². The number of aliphatic hydroxyl groups excluding tert-OH is 2. The number of phosphoric acid groups is 1. The molecule has 0 saturated heterocycles. The molecule has 2 rings (SSSR count). The fourth-order valence-electron chi connectivity index (χ4n) is 2.88. The second-order valence-electron chi connectivity index (χ2n) is 7.13. The highest BCUT2D eigenvalue weighted by Crippen LogP contribution is 2.50. The molecule has 1 heterocycles. The number of hydrogen-bond acceptors (Lipinski definition) is 11. The number of rotatable bonds is 13. The summed E-state index contributed by atoms with van der Waals surface area (Å²) in [6.07, 6.45) is -3.11. The third-order valence-corrected chi connectivity index (χ3v) is 5.51. The molecule has 0 spiro atoms. The van der Waals surface area contributed by atoms with Crippen LogP contribution < -0.4 is 11.4 Å². The van der Waals surface area contributed by atoms with E-state index in [2.05, 4.69) is 9.51 Å². The van der Waals surface area contributed by atoms with Crippen molar-refractivity contribution in [1.29, 1.82) is 0 Å². The summed E-state index contributed by atoms with van der Waals surface area (Å²) in [7, 11) is -5.42. The lowest BCUT2D eigenvalue weighted by Crippen LogP contribution is -2.45. The van der Waals surface area contributed by atoms with Gasteiger partial charge in [-0.15, -0.1) is 0 Å². The van der Waals surface area contributed by atoms with Crippen molar-refractivity contribution in [3.05, 3.63) is 58.6 Å². The van der Waals surface area contributed by atoms with Crippen LogP contribution in [0.4, 0.5) is 5.82 Å². The fraction of sp³-hybridized carbons (Fsp3) is 0.368. The van der Waals surface area contributed by atoms with Crippen LogP contribution in [0.5, 0.6) is 0 Å². The molecule has 1 unspecified atom stereocenters. The number of ether oxygens (including phenoxy) is 1. The van der Waals surface area contributed by atoms with Gasteiger partial charge in [0, 0.05) is 11.8 Å². The standard InChI is InChI=1S/C19H24N3O12P/c1-11(24)15(22-8-7-14(20)21-18(22)29)33-13(9-23)10-32-35(30,31)34-19(16(25)26,17(27)28)12-5-3-2-4-6-12/h2-8,11,13,15,23-24H,9-10H2,1H3,(H,25,26)(H,27,28)(H,30,31)(H2,20,21,29)/t11-,13-,15+/m0/s1. The maximum Gasteiger partial charge on any atom is 0.474 e. The number of nitrogens with zero attached hydrogens (tertiary/aromatic N) is 2. The van der Waals surface area contributed by atoms with Crippen molar-refractivity contribution in [2.45, 2.75) is 31.0 Å². The van der Waals surface area contributed by atoms with Crippen LogP contribution in [0, 0.1) is 0 Å². The topological polar surface area (TPSA) is 241 Å². The summed E-state index contributed by atoms with van der Waals surface area (Å²) in [5.74, 6) is -4.31. The minimum Gasteiger partial charge on any atom is -0.478 e. The Labute approximate surface area is 197 Å². The SMILES string of the molecule is C[C@H](O)[C@@H](O[C@@H](CO)COP(=O)(O)OC(C(=O)O)(C(=O)O)c1ccccc1)n1ccc(N)nc1=O. The highest BCUT2D eigenvalue weighted by atomic mass is 31.2. The zero-order chi connectivity index (χ0) is 26.4. The highest BCUT2D eigenvalue weighted by molar-refractivity contribution is 7.47. The number of hydrogen-bond donors (Lipinski definition) is 6. The van der Waals surface area contributed by atoms with Gasteiger partial charge in [-0.25, -0.2) is 18.9 Å². The normalized spacial score (nSPS) is 16.1. The van der Waals surface area contributed by atoms with Gasteiger partial charge < -0.3 is 35.8 Å². The van der Waals surface area contributed by atoms with Crippen LogP contribution in [-0.2, 0) is 33.5 Å². The zero-order valence-corrected chi connectivity index (χ0v) is 19.1. The molecule has 1 aromatic heterocycles. The van der Waals surface area contributed by atoms with Gasteiger partial charge in [0.15, 0.2) is 6.23 Å². The highest BCUT2D eigenvalue weighted by Gasteiger charge is 2.55. The van der Waals surface area contributed by atoms with Gasteiger partial charge in [-0.05, 0) is 13.0 Å². The summed E-state index contributed by atoms with van der Waals surface area (Å²) in [5, 5.41) is 38.7. The molecule has 0 radical (unpaired) electrons. The molecular weight excluding hydrogens is 493 g/mol. The van der Waals surface area contributed by atoms with Gasteiger partial charge in [-0.3, -0.25) is 13.6 Å². The molecule has 35 heavy (non-hydrogen) atoms. The van der Waals surface area contributed by atoms with E-state index in [1.807, 2.05) is 0 Å². The van der Waals surface area contributed by atoms with Crippen molar-refractivity contribution in [2.75, 3.05) is 18.9 Å². The molecule has 0 amide bonds. The third-order valence-electron chi connectivity index (χ3n) is 4.53. The Morgan fingerprint density at radius 3 is 2.29 bits per heavy atom. The van der Waals surface area contributed by atoms with Crippen molar-refractivity contribution < 1.29 is 53.3 Å². The molecule has 7 N–H and O–H groups in total. The summed E-state index contributed by atoms with van der Waals surface area (Å²) >= 11 is 0. The predicted octanol–water partition coefficient (Wildman–Crippen LogP) is -0.719. The number of nitrogen functional groups attached to an aromatic ring is 1. The lowest BCUT2D eigenvalue weighted by molar-refractivity contribution is -0.176. The van der Waals surface area contributed by atoms with Crippen LogP contribution in [0.25, 0.3) is 0 Å². The molecule has 0 aliphatic rings. The molecule has 1 aromatic carbocycles. The van der Waals surface area contributed by atoms with Gasteiger partial charge in [-0.1, -0.05) is 30.3 Å². The van der Waals surface area contributed by atoms with Gasteiger partial charge >= 0.3 is 25.5 Å². The molecule has 16 heteroatoms. The third kappa shape index (κ3) is 6.70. The van der Waals surface area contributed by atoms with Crippen LogP contribution in [0.15, 0.2) is 47.4 Å². The zero-order valence-electron chi connectivity index (χ0n) is 18.2. The van der Waals surface area contributed by atoms with E-state index in [1.165, 1.54) is 31.2 Å². The Kier molecular flexibility index (Phi) is 9.23. The van der Waals surface area contributed by atoms with E-state index in [0.29, 0.717) is 0 Å². The first-order chi connectivity index (χ1) is 16.3. The maximum atomic E-state index is 12.5. The minimum absolute atomic E-state index is 0.102. The summed E-state index contributed by atoms with van der Waals surface area (Å²) in [6, 6.07) is 7.41. The van der Waals surface area contributed by atoms with E-state index in [9.17, 15) is 44.3 Å². The van der Waals surface area contributed by atoms with E-state index < -0.39 is 68.3 Å². The van der Waals surface area contributed by atoms with Crippen LogP contribution in [0.3, 0.4) is 0 Å². The van der Waals surface area contributed by atoms with Crippen LogP contribution in [-0.4, -0.2) is 72.2 Å². The Morgan fingerprint density at radius 2 is 1.80 bits per heavy atom. The first kappa shape index (κ1) is 28.1. The van der Waals surface area contributed by atoms with Gasteiger partial charge in [0.25, 0.3) is 5.60 Å². The van der Waals surface area contributed by atoms with Gasteiger partial charge in [-0.2, -0.15) is 4.98 Å². The van der Waals surface area contributed by atoms with Gasteiger partial charge in [0.05, 0.1) is 19.3 Å². The number of nitrogens with two attached hydrogens (primary N) is 1. The first-order valence-electron chi connectivity index (χ1n) is 9.83. The average Bonchev–Trinajstić information content (AvgIpc) is 2.78. The average molecular weight is 517 g/mol. The van der Waals surface area contributed by atoms with E-state index in [-0.39, 0.29) is 5.82 Å². The van der Waals surface area contributed by atoms with Crippen molar-refractivity contribution in [3.8, 4) is 0 Å². The quantitative estimate of drug-likeness (QED) is 0.142. The molecule has 2 aromatic rings. The number of carboxylic acid groups (broad SMARTS) is 2. The number of phosphoric ester groups is 1. The van der Waals surface area contributed by atoms with Crippen LogP contribution in [0.1, 0.15) is 18.7 Å². The Morgan fingerprint density at radius 1 is 1.20 bits per heavy atom. The lowest BCUT2D eigenvalue weighted by Gasteiger charge is -2.29. The Balaban J connectivity index is 2.24. The van der Waals surface area contributed by atoms with E-state index in [0.717, 1.165) is 22.9 Å². The van der Waals surface area contributed by atoms with Crippen molar-refractivity contribution in [1.82, 2.24) is 9.55 Å².